The minimum atomic E-state index is -1.23. The standard InChI is InChI=1S/C21H30N4O6/c1-13(2)12-31-21(30)16(11-18(27)28)25-17(26)5-3-4-10-24-20(29)15-8-6-14(7-9-15)19(22)23/h6-9,13,16H,3-5,10-12H2,1-2H3,(H3,22,23)(H,24,29)(H,25,26)(H,27,28)/t16-/m0/s1. The maximum Gasteiger partial charge on any atom is 0.329 e. The number of carboxylic acids is 1. The maximum absolute atomic E-state index is 12.1. The Morgan fingerprint density at radius 1 is 1.10 bits per heavy atom. The lowest BCUT2D eigenvalue weighted by Crippen LogP contribution is -2.43. The largest absolute Gasteiger partial charge is 0.481 e. The van der Waals surface area contributed by atoms with Gasteiger partial charge in [-0.05, 0) is 30.9 Å². The van der Waals surface area contributed by atoms with Gasteiger partial charge in [-0.15, -0.1) is 0 Å². The van der Waals surface area contributed by atoms with Gasteiger partial charge in [-0.2, -0.15) is 0 Å². The molecule has 0 fully saturated rings. The first-order chi connectivity index (χ1) is 14.6. The third-order valence-electron chi connectivity index (χ3n) is 4.13. The van der Waals surface area contributed by atoms with Crippen molar-refractivity contribution in [2.75, 3.05) is 13.2 Å². The van der Waals surface area contributed by atoms with Gasteiger partial charge in [-0.25, -0.2) is 4.79 Å². The van der Waals surface area contributed by atoms with Crippen LogP contribution in [0.1, 0.15) is 55.5 Å². The fourth-order valence-corrected chi connectivity index (χ4v) is 2.50. The van der Waals surface area contributed by atoms with Gasteiger partial charge in [0, 0.05) is 24.1 Å². The molecule has 31 heavy (non-hydrogen) atoms. The molecular weight excluding hydrogens is 404 g/mol. The van der Waals surface area contributed by atoms with Crippen LogP contribution in [-0.2, 0) is 19.1 Å². The summed E-state index contributed by atoms with van der Waals surface area (Å²) in [6.07, 6.45) is 0.486. The number of carboxylic acid groups (broad SMARTS) is 1. The van der Waals surface area contributed by atoms with Crippen molar-refractivity contribution in [1.29, 1.82) is 5.41 Å². The predicted molar refractivity (Wildman–Crippen MR) is 114 cm³/mol. The Hall–Kier alpha value is -3.43. The maximum atomic E-state index is 12.1. The summed E-state index contributed by atoms with van der Waals surface area (Å²) in [6.45, 7) is 4.17. The zero-order valence-electron chi connectivity index (χ0n) is 17.8. The van der Waals surface area contributed by atoms with Crippen LogP contribution in [0.15, 0.2) is 24.3 Å². The Morgan fingerprint density at radius 3 is 2.26 bits per heavy atom. The quantitative estimate of drug-likeness (QED) is 0.133. The molecule has 0 aliphatic heterocycles. The van der Waals surface area contributed by atoms with Crippen LogP contribution in [0, 0.1) is 11.3 Å². The Bertz CT molecular complexity index is 792. The normalized spacial score (nSPS) is 11.5. The molecule has 0 aromatic heterocycles. The molecule has 1 atom stereocenters. The van der Waals surface area contributed by atoms with Crippen molar-refractivity contribution in [1.82, 2.24) is 10.6 Å². The van der Waals surface area contributed by atoms with E-state index in [1.807, 2.05) is 13.8 Å². The molecule has 0 saturated carbocycles. The molecule has 2 amide bonds. The van der Waals surface area contributed by atoms with Crippen LogP contribution in [0.4, 0.5) is 0 Å². The molecule has 0 radical (unpaired) electrons. The number of hydrogen-bond acceptors (Lipinski definition) is 6. The summed E-state index contributed by atoms with van der Waals surface area (Å²) < 4.78 is 5.02. The van der Waals surface area contributed by atoms with Crippen molar-refractivity contribution in [3.63, 3.8) is 0 Å². The Kier molecular flexibility index (Phi) is 10.7. The molecule has 0 aliphatic carbocycles. The molecule has 10 nitrogen and oxygen atoms in total. The summed E-state index contributed by atoms with van der Waals surface area (Å²) in [5.41, 5.74) is 6.32. The highest BCUT2D eigenvalue weighted by atomic mass is 16.5. The molecule has 0 saturated heterocycles. The number of amidine groups is 1. The highest BCUT2D eigenvalue weighted by molar-refractivity contribution is 5.98. The minimum Gasteiger partial charge on any atom is -0.481 e. The van der Waals surface area contributed by atoms with Gasteiger partial charge in [0.2, 0.25) is 5.91 Å². The van der Waals surface area contributed by atoms with E-state index in [2.05, 4.69) is 10.6 Å². The van der Waals surface area contributed by atoms with E-state index in [0.29, 0.717) is 30.5 Å². The van der Waals surface area contributed by atoms with Gasteiger partial charge in [0.25, 0.3) is 5.91 Å². The van der Waals surface area contributed by atoms with Crippen molar-refractivity contribution >= 4 is 29.6 Å². The number of nitrogen functional groups attached to an aromatic ring is 1. The number of esters is 1. The first-order valence-corrected chi connectivity index (χ1v) is 10.0. The lowest BCUT2D eigenvalue weighted by molar-refractivity contribution is -0.152. The smallest absolute Gasteiger partial charge is 0.329 e. The van der Waals surface area contributed by atoms with Crippen molar-refractivity contribution in [3.8, 4) is 0 Å². The van der Waals surface area contributed by atoms with Gasteiger partial charge in [0.15, 0.2) is 0 Å². The zero-order chi connectivity index (χ0) is 23.4. The van der Waals surface area contributed by atoms with Crippen LogP contribution in [0.5, 0.6) is 0 Å². The monoisotopic (exact) mass is 434 g/mol. The van der Waals surface area contributed by atoms with Crippen LogP contribution in [0.3, 0.4) is 0 Å². The number of rotatable bonds is 13. The second-order valence-electron chi connectivity index (χ2n) is 7.45. The van der Waals surface area contributed by atoms with E-state index < -0.39 is 30.3 Å². The average molecular weight is 434 g/mol. The topological polar surface area (TPSA) is 172 Å². The van der Waals surface area contributed by atoms with Gasteiger partial charge in [-0.3, -0.25) is 19.8 Å². The van der Waals surface area contributed by atoms with Crippen LogP contribution in [0.25, 0.3) is 0 Å². The third-order valence-corrected chi connectivity index (χ3v) is 4.13. The minimum absolute atomic E-state index is 0.0796. The van der Waals surface area contributed by atoms with Gasteiger partial charge in [0.1, 0.15) is 11.9 Å². The summed E-state index contributed by atoms with van der Waals surface area (Å²) in [5.74, 6) is -2.72. The molecule has 0 unspecified atom stereocenters. The van der Waals surface area contributed by atoms with Crippen molar-refractivity contribution in [3.05, 3.63) is 35.4 Å². The molecule has 1 aromatic rings. The predicted octanol–water partition coefficient (Wildman–Crippen LogP) is 1.03. The second kappa shape index (κ2) is 13.0. The van der Waals surface area contributed by atoms with Gasteiger partial charge >= 0.3 is 11.9 Å². The number of hydrogen-bond donors (Lipinski definition) is 5. The first kappa shape index (κ1) is 25.6. The number of carbonyl (C=O) groups is 4. The SMILES string of the molecule is CC(C)COC(=O)[C@H](CC(=O)O)NC(=O)CCCCNC(=O)c1ccc(C(=N)N)cc1. The summed E-state index contributed by atoms with van der Waals surface area (Å²) in [7, 11) is 0. The highest BCUT2D eigenvalue weighted by Gasteiger charge is 2.25. The molecule has 10 heteroatoms. The van der Waals surface area contributed by atoms with E-state index in [-0.39, 0.29) is 30.7 Å². The average Bonchev–Trinajstić information content (AvgIpc) is 2.70. The summed E-state index contributed by atoms with van der Waals surface area (Å²) in [4.78, 5) is 47.1. The summed E-state index contributed by atoms with van der Waals surface area (Å²) in [5, 5.41) is 21.4. The molecule has 1 rings (SSSR count). The van der Waals surface area contributed by atoms with Crippen molar-refractivity contribution < 1.29 is 29.0 Å². The van der Waals surface area contributed by atoms with E-state index in [1.165, 1.54) is 0 Å². The summed E-state index contributed by atoms with van der Waals surface area (Å²) in [6, 6.07) is 5.07. The lowest BCUT2D eigenvalue weighted by atomic mass is 10.1. The van der Waals surface area contributed by atoms with E-state index >= 15 is 0 Å². The fourth-order valence-electron chi connectivity index (χ4n) is 2.50. The van der Waals surface area contributed by atoms with Crippen LogP contribution >= 0.6 is 0 Å². The molecule has 0 spiro atoms. The molecule has 6 N–H and O–H groups in total. The number of amides is 2. The van der Waals surface area contributed by atoms with Crippen LogP contribution in [-0.4, -0.2) is 53.9 Å². The summed E-state index contributed by atoms with van der Waals surface area (Å²) >= 11 is 0. The van der Waals surface area contributed by atoms with Gasteiger partial charge in [-0.1, -0.05) is 26.0 Å². The number of carbonyl (C=O) groups excluding carboxylic acids is 3. The Balaban J connectivity index is 2.37. The second-order valence-corrected chi connectivity index (χ2v) is 7.45. The zero-order valence-corrected chi connectivity index (χ0v) is 17.8. The van der Waals surface area contributed by atoms with Crippen molar-refractivity contribution in [2.45, 2.75) is 45.6 Å². The molecule has 1 aromatic carbocycles. The van der Waals surface area contributed by atoms with E-state index in [4.69, 9.17) is 21.0 Å². The van der Waals surface area contributed by atoms with E-state index in [1.54, 1.807) is 24.3 Å². The first-order valence-electron chi connectivity index (χ1n) is 10.0. The van der Waals surface area contributed by atoms with Crippen molar-refractivity contribution in [2.24, 2.45) is 11.7 Å². The van der Waals surface area contributed by atoms with Crippen LogP contribution in [0.2, 0.25) is 0 Å². The molecule has 0 bridgehead atoms. The Morgan fingerprint density at radius 2 is 1.71 bits per heavy atom. The number of nitrogens with one attached hydrogen (secondary N) is 3. The van der Waals surface area contributed by atoms with Gasteiger partial charge < -0.3 is 26.2 Å². The lowest BCUT2D eigenvalue weighted by Gasteiger charge is -2.17. The van der Waals surface area contributed by atoms with Crippen LogP contribution < -0.4 is 16.4 Å². The number of nitrogens with two attached hydrogens (primary N) is 1. The van der Waals surface area contributed by atoms with E-state index in [0.717, 1.165) is 0 Å². The molecule has 0 aliphatic rings. The number of unbranched alkanes of at least 4 members (excludes halogenated alkanes) is 1. The molecule has 170 valence electrons. The molecule has 0 heterocycles. The molecular formula is C21H30N4O6. The fraction of sp³-hybridized carbons (Fsp3) is 0.476. The number of aliphatic carboxylic acids is 1. The highest BCUT2D eigenvalue weighted by Crippen LogP contribution is 2.05. The number of benzene rings is 1. The van der Waals surface area contributed by atoms with E-state index in [9.17, 15) is 19.2 Å². The Labute approximate surface area is 181 Å². The van der Waals surface area contributed by atoms with Gasteiger partial charge in [0.05, 0.1) is 13.0 Å². The number of ether oxygens (including phenoxy) is 1. The third kappa shape index (κ3) is 10.2.